The minimum atomic E-state index is -3.85. The molecule has 1 fully saturated rings. The Kier molecular flexibility index (Phi) is 4.02. The van der Waals surface area contributed by atoms with Crippen molar-refractivity contribution >= 4 is 15.6 Å². The van der Waals surface area contributed by atoms with Crippen LogP contribution in [0.25, 0.3) is 0 Å². The molecule has 0 aromatic heterocycles. The van der Waals surface area contributed by atoms with Crippen LogP contribution in [0.4, 0.5) is 0 Å². The Hall–Kier alpha value is -2.22. The Morgan fingerprint density at radius 2 is 1.79 bits per heavy atom. The molecule has 1 aromatic rings. The van der Waals surface area contributed by atoms with E-state index >= 15 is 0 Å². The SMILES string of the molecule is CC1(C)CC(=O)C2=C(C1)O[C@@]1(C)[C@@H]([C@@H]2c2ccccc2)S(=O)(=O)C[C@H]1[N+](=O)[O-]. The number of allylic oxidation sites excluding steroid dienone is 2. The van der Waals surface area contributed by atoms with E-state index in [1.165, 1.54) is 6.92 Å². The lowest BCUT2D eigenvalue weighted by Gasteiger charge is -2.46. The molecule has 4 atom stereocenters. The van der Waals surface area contributed by atoms with Crippen molar-refractivity contribution in [1.82, 2.24) is 0 Å². The third kappa shape index (κ3) is 2.69. The fourth-order valence-corrected chi connectivity index (χ4v) is 7.83. The maximum atomic E-state index is 13.1. The van der Waals surface area contributed by atoms with E-state index in [4.69, 9.17) is 4.74 Å². The van der Waals surface area contributed by atoms with Gasteiger partial charge in [-0.05, 0) is 17.9 Å². The van der Waals surface area contributed by atoms with Crippen LogP contribution in [0.2, 0.25) is 0 Å². The molecule has 0 spiro atoms. The Morgan fingerprint density at radius 3 is 2.39 bits per heavy atom. The number of benzene rings is 1. The van der Waals surface area contributed by atoms with E-state index in [0.717, 1.165) is 0 Å². The molecule has 150 valence electrons. The van der Waals surface area contributed by atoms with Gasteiger partial charge in [-0.3, -0.25) is 14.9 Å². The van der Waals surface area contributed by atoms with E-state index in [1.807, 2.05) is 19.9 Å². The number of carbonyl (C=O) groups excluding carboxylic acids is 1. The maximum absolute atomic E-state index is 13.1. The summed E-state index contributed by atoms with van der Waals surface area (Å²) >= 11 is 0. The van der Waals surface area contributed by atoms with Crippen molar-refractivity contribution in [2.75, 3.05) is 5.75 Å². The van der Waals surface area contributed by atoms with Gasteiger partial charge >= 0.3 is 0 Å². The highest BCUT2D eigenvalue weighted by atomic mass is 32.2. The summed E-state index contributed by atoms with van der Waals surface area (Å²) in [5, 5.41) is 10.6. The lowest BCUT2D eigenvalue weighted by atomic mass is 9.68. The van der Waals surface area contributed by atoms with Gasteiger partial charge in [-0.15, -0.1) is 0 Å². The van der Waals surface area contributed by atoms with Gasteiger partial charge in [0.2, 0.25) is 0 Å². The number of sulfone groups is 1. The van der Waals surface area contributed by atoms with E-state index in [1.54, 1.807) is 24.3 Å². The van der Waals surface area contributed by atoms with Gasteiger partial charge in [0.05, 0.1) is 0 Å². The molecule has 8 heteroatoms. The fraction of sp³-hybridized carbons (Fsp3) is 0.550. The molecule has 7 nitrogen and oxygen atoms in total. The molecule has 0 N–H and O–H groups in total. The number of hydrogen-bond acceptors (Lipinski definition) is 6. The predicted molar refractivity (Wildman–Crippen MR) is 102 cm³/mol. The molecule has 0 saturated carbocycles. The average Bonchev–Trinajstić information content (AvgIpc) is 2.79. The Labute approximate surface area is 163 Å². The molecule has 3 aliphatic rings. The van der Waals surface area contributed by atoms with Gasteiger partial charge < -0.3 is 4.74 Å². The minimum Gasteiger partial charge on any atom is -0.483 e. The highest BCUT2D eigenvalue weighted by Crippen LogP contribution is 2.55. The number of carbonyl (C=O) groups is 1. The number of nitro groups is 1. The second-order valence-electron chi connectivity index (χ2n) is 9.00. The fourth-order valence-electron chi connectivity index (χ4n) is 5.10. The maximum Gasteiger partial charge on any atom is 0.266 e. The number of fused-ring (bicyclic) bond motifs is 1. The summed E-state index contributed by atoms with van der Waals surface area (Å²) in [4.78, 5) is 24.2. The van der Waals surface area contributed by atoms with Gasteiger partial charge in [0.1, 0.15) is 16.8 Å². The molecule has 28 heavy (non-hydrogen) atoms. The van der Waals surface area contributed by atoms with Gasteiger partial charge in [0.25, 0.3) is 6.04 Å². The molecule has 0 bridgehead atoms. The highest BCUT2D eigenvalue weighted by molar-refractivity contribution is 7.92. The molecule has 2 heterocycles. The van der Waals surface area contributed by atoms with Gasteiger partial charge in [0, 0.05) is 29.3 Å². The molecule has 1 aliphatic carbocycles. The molecule has 0 amide bonds. The zero-order valence-corrected chi connectivity index (χ0v) is 16.9. The summed E-state index contributed by atoms with van der Waals surface area (Å²) in [6.45, 7) is 5.40. The van der Waals surface area contributed by atoms with E-state index < -0.39 is 43.3 Å². The van der Waals surface area contributed by atoms with Crippen LogP contribution < -0.4 is 0 Å². The van der Waals surface area contributed by atoms with E-state index in [-0.39, 0.29) is 11.2 Å². The number of ether oxygens (including phenoxy) is 1. The summed E-state index contributed by atoms with van der Waals surface area (Å²) < 4.78 is 32.3. The minimum absolute atomic E-state index is 0.137. The van der Waals surface area contributed by atoms with E-state index in [2.05, 4.69) is 0 Å². The molecule has 0 unspecified atom stereocenters. The first-order chi connectivity index (χ1) is 13.0. The molecule has 4 rings (SSSR count). The van der Waals surface area contributed by atoms with Crippen molar-refractivity contribution < 1.29 is 22.9 Å². The Morgan fingerprint density at radius 1 is 1.14 bits per heavy atom. The largest absolute Gasteiger partial charge is 0.483 e. The Bertz CT molecular complexity index is 997. The smallest absolute Gasteiger partial charge is 0.266 e. The standard InChI is InChI=1S/C20H23NO6S/c1-19(2)9-13(22)17-14(10-19)27-20(3)15(21(23)24)11-28(25,26)18(20)16(17)12-7-5-4-6-8-12/h4-8,15-16,18H,9-11H2,1-3H3/t15-,16-,18-,20-/m1/s1. The predicted octanol–water partition coefficient (Wildman–Crippen LogP) is 2.64. The lowest BCUT2D eigenvalue weighted by molar-refractivity contribution is -0.537. The van der Waals surface area contributed by atoms with Crippen LogP contribution in [0.3, 0.4) is 0 Å². The first-order valence-corrected chi connectivity index (χ1v) is 11.0. The van der Waals surface area contributed by atoms with Gasteiger partial charge in [-0.25, -0.2) is 8.42 Å². The molecular formula is C20H23NO6S. The van der Waals surface area contributed by atoms with Crippen LogP contribution in [0.1, 0.15) is 45.1 Å². The third-order valence-corrected chi connectivity index (χ3v) is 8.55. The van der Waals surface area contributed by atoms with Gasteiger partial charge in [0.15, 0.2) is 21.2 Å². The summed E-state index contributed by atoms with van der Waals surface area (Å²) in [7, 11) is -3.85. The van der Waals surface area contributed by atoms with Crippen molar-refractivity contribution in [2.45, 2.75) is 56.4 Å². The number of ketones is 1. The van der Waals surface area contributed by atoms with Crippen LogP contribution in [-0.2, 0) is 19.4 Å². The van der Waals surface area contributed by atoms with Crippen molar-refractivity contribution in [3.05, 3.63) is 57.3 Å². The number of hydrogen-bond donors (Lipinski definition) is 0. The van der Waals surface area contributed by atoms with Crippen molar-refractivity contribution in [2.24, 2.45) is 5.41 Å². The molecule has 1 saturated heterocycles. The molecule has 0 radical (unpaired) electrons. The van der Waals surface area contributed by atoms with Crippen molar-refractivity contribution in [3.8, 4) is 0 Å². The highest BCUT2D eigenvalue weighted by Gasteiger charge is 2.70. The normalized spacial score (nSPS) is 35.7. The van der Waals surface area contributed by atoms with Crippen LogP contribution in [-0.4, -0.2) is 41.8 Å². The zero-order valence-electron chi connectivity index (χ0n) is 16.0. The second-order valence-corrected chi connectivity index (χ2v) is 11.2. The average molecular weight is 405 g/mol. The topological polar surface area (TPSA) is 104 Å². The van der Waals surface area contributed by atoms with Crippen LogP contribution in [0.15, 0.2) is 41.7 Å². The molecule has 2 aliphatic heterocycles. The molecular weight excluding hydrogens is 382 g/mol. The Balaban J connectivity index is 1.99. The van der Waals surface area contributed by atoms with Gasteiger partial charge in [-0.2, -0.15) is 0 Å². The zero-order chi connectivity index (χ0) is 20.5. The first-order valence-electron chi connectivity index (χ1n) is 9.31. The third-order valence-electron chi connectivity index (χ3n) is 6.25. The van der Waals surface area contributed by atoms with E-state index in [9.17, 15) is 23.3 Å². The number of Topliss-reactive ketones (excluding diaryl/α,β-unsaturated/α-hetero) is 1. The quantitative estimate of drug-likeness (QED) is 0.553. The number of nitrogens with zero attached hydrogens (tertiary/aromatic N) is 1. The second kappa shape index (κ2) is 5.89. The van der Waals surface area contributed by atoms with Crippen LogP contribution >= 0.6 is 0 Å². The van der Waals surface area contributed by atoms with Crippen molar-refractivity contribution in [3.63, 3.8) is 0 Å². The summed E-state index contributed by atoms with van der Waals surface area (Å²) in [6.07, 6.45) is 0.741. The van der Waals surface area contributed by atoms with Crippen LogP contribution in [0.5, 0.6) is 0 Å². The molecule has 1 aromatic carbocycles. The monoisotopic (exact) mass is 405 g/mol. The summed E-state index contributed by atoms with van der Waals surface area (Å²) in [6, 6.07) is 7.57. The van der Waals surface area contributed by atoms with E-state index in [0.29, 0.717) is 29.7 Å². The summed E-state index contributed by atoms with van der Waals surface area (Å²) in [5.74, 6) is -1.06. The van der Waals surface area contributed by atoms with Gasteiger partial charge in [-0.1, -0.05) is 44.2 Å². The number of rotatable bonds is 2. The van der Waals surface area contributed by atoms with Crippen LogP contribution in [0, 0.1) is 15.5 Å². The van der Waals surface area contributed by atoms with Crippen molar-refractivity contribution in [1.29, 1.82) is 0 Å². The first kappa shape index (κ1) is 19.1. The summed E-state index contributed by atoms with van der Waals surface area (Å²) in [5.41, 5.74) is -0.812. The lowest BCUT2D eigenvalue weighted by Crippen LogP contribution is -2.56.